The summed E-state index contributed by atoms with van der Waals surface area (Å²) in [6.45, 7) is 4.37. The lowest BCUT2D eigenvalue weighted by Crippen LogP contribution is -2.42. The van der Waals surface area contributed by atoms with E-state index >= 15 is 0 Å². The number of hydrogen-bond acceptors (Lipinski definition) is 3. The Labute approximate surface area is 142 Å². The second kappa shape index (κ2) is 6.33. The highest BCUT2D eigenvalue weighted by atomic mass is 35.5. The molecular weight excluding hydrogens is 312 g/mol. The molecule has 1 saturated carbocycles. The molecule has 1 aliphatic carbocycles. The SMILES string of the molecule is O=C([C@H]1COc2ccc(Cl)cc2C1)N1CCCN(C2CC2)CC1. The minimum Gasteiger partial charge on any atom is -0.492 e. The summed E-state index contributed by atoms with van der Waals surface area (Å²) in [5.41, 5.74) is 1.05. The van der Waals surface area contributed by atoms with Gasteiger partial charge < -0.3 is 9.64 Å². The fourth-order valence-corrected chi connectivity index (χ4v) is 3.94. The van der Waals surface area contributed by atoms with Crippen LogP contribution in [0.25, 0.3) is 0 Å². The molecule has 3 aliphatic rings. The predicted molar refractivity (Wildman–Crippen MR) is 89.9 cm³/mol. The first kappa shape index (κ1) is 15.3. The van der Waals surface area contributed by atoms with E-state index in [1.54, 1.807) is 0 Å². The molecule has 5 heteroatoms. The van der Waals surface area contributed by atoms with Gasteiger partial charge in [-0.1, -0.05) is 11.6 Å². The van der Waals surface area contributed by atoms with Crippen molar-refractivity contribution in [3.05, 3.63) is 28.8 Å². The molecule has 0 spiro atoms. The highest BCUT2D eigenvalue weighted by Gasteiger charge is 2.33. The first-order chi connectivity index (χ1) is 11.2. The maximum absolute atomic E-state index is 12.9. The maximum Gasteiger partial charge on any atom is 0.229 e. The van der Waals surface area contributed by atoms with Gasteiger partial charge in [-0.25, -0.2) is 0 Å². The summed E-state index contributed by atoms with van der Waals surface area (Å²) < 4.78 is 5.79. The standard InChI is InChI=1S/C18H23ClN2O2/c19-15-2-5-17-13(11-15)10-14(12-23-17)18(22)21-7-1-6-20(8-9-21)16-3-4-16/h2,5,11,14,16H,1,3-4,6-10,12H2/t14-/m1/s1. The summed E-state index contributed by atoms with van der Waals surface area (Å²) in [7, 11) is 0. The van der Waals surface area contributed by atoms with E-state index in [9.17, 15) is 4.79 Å². The zero-order valence-electron chi connectivity index (χ0n) is 13.3. The third kappa shape index (κ3) is 3.33. The van der Waals surface area contributed by atoms with E-state index < -0.39 is 0 Å². The van der Waals surface area contributed by atoms with Crippen molar-refractivity contribution >= 4 is 17.5 Å². The lowest BCUT2D eigenvalue weighted by Gasteiger charge is -2.30. The quantitative estimate of drug-likeness (QED) is 0.833. The number of halogens is 1. The van der Waals surface area contributed by atoms with Gasteiger partial charge in [0.25, 0.3) is 0 Å². The molecule has 0 N–H and O–H groups in total. The maximum atomic E-state index is 12.9. The number of hydrogen-bond donors (Lipinski definition) is 0. The van der Waals surface area contributed by atoms with Gasteiger partial charge in [0, 0.05) is 37.2 Å². The highest BCUT2D eigenvalue weighted by molar-refractivity contribution is 6.30. The van der Waals surface area contributed by atoms with Crippen molar-refractivity contribution in [1.29, 1.82) is 0 Å². The smallest absolute Gasteiger partial charge is 0.229 e. The Hall–Kier alpha value is -1.26. The van der Waals surface area contributed by atoms with Crippen molar-refractivity contribution in [1.82, 2.24) is 9.80 Å². The predicted octanol–water partition coefficient (Wildman–Crippen LogP) is 2.59. The minimum atomic E-state index is -0.0755. The number of carbonyl (C=O) groups is 1. The van der Waals surface area contributed by atoms with E-state index in [4.69, 9.17) is 16.3 Å². The molecule has 1 amide bonds. The number of rotatable bonds is 2. The summed E-state index contributed by atoms with van der Waals surface area (Å²) in [6.07, 6.45) is 4.49. The van der Waals surface area contributed by atoms with Gasteiger partial charge in [0.1, 0.15) is 12.4 Å². The van der Waals surface area contributed by atoms with Crippen molar-refractivity contribution in [3.63, 3.8) is 0 Å². The Morgan fingerprint density at radius 1 is 1.17 bits per heavy atom. The summed E-state index contributed by atoms with van der Waals surface area (Å²) in [5.74, 6) is 1.04. The van der Waals surface area contributed by atoms with Gasteiger partial charge in [-0.2, -0.15) is 0 Å². The first-order valence-electron chi connectivity index (χ1n) is 8.65. The number of nitrogens with zero attached hydrogens (tertiary/aromatic N) is 2. The molecule has 124 valence electrons. The van der Waals surface area contributed by atoms with Gasteiger partial charge in [-0.3, -0.25) is 9.69 Å². The van der Waals surface area contributed by atoms with Crippen molar-refractivity contribution in [2.75, 3.05) is 32.8 Å². The normalized spacial score (nSPS) is 25.4. The third-order valence-corrected chi connectivity index (χ3v) is 5.42. The van der Waals surface area contributed by atoms with Crippen LogP contribution in [0.5, 0.6) is 5.75 Å². The van der Waals surface area contributed by atoms with E-state index in [-0.39, 0.29) is 11.8 Å². The molecule has 4 nitrogen and oxygen atoms in total. The van der Waals surface area contributed by atoms with Crippen molar-refractivity contribution in [3.8, 4) is 5.75 Å². The Balaban J connectivity index is 1.41. The van der Waals surface area contributed by atoms with Crippen molar-refractivity contribution in [2.45, 2.75) is 31.7 Å². The van der Waals surface area contributed by atoms with Crippen molar-refractivity contribution < 1.29 is 9.53 Å². The fourth-order valence-electron chi connectivity index (χ4n) is 3.74. The zero-order chi connectivity index (χ0) is 15.8. The van der Waals surface area contributed by atoms with Crippen LogP contribution in [0.2, 0.25) is 5.02 Å². The van der Waals surface area contributed by atoms with E-state index in [2.05, 4.69) is 4.90 Å². The van der Waals surface area contributed by atoms with E-state index in [0.717, 1.165) is 56.4 Å². The summed E-state index contributed by atoms with van der Waals surface area (Å²) in [5, 5.41) is 0.704. The highest BCUT2D eigenvalue weighted by Crippen LogP contribution is 2.31. The first-order valence-corrected chi connectivity index (χ1v) is 9.02. The molecule has 0 bridgehead atoms. The van der Waals surface area contributed by atoms with E-state index in [1.807, 2.05) is 23.1 Å². The van der Waals surface area contributed by atoms with Crippen LogP contribution in [0.15, 0.2) is 18.2 Å². The molecule has 1 saturated heterocycles. The van der Waals surface area contributed by atoms with Gasteiger partial charge in [0.15, 0.2) is 0 Å². The summed E-state index contributed by atoms with van der Waals surface area (Å²) in [4.78, 5) is 17.5. The van der Waals surface area contributed by atoms with Gasteiger partial charge in [0.2, 0.25) is 5.91 Å². The molecule has 2 fully saturated rings. The average Bonchev–Trinajstić information content (AvgIpc) is 3.39. The second-order valence-corrected chi connectivity index (χ2v) is 7.35. The van der Waals surface area contributed by atoms with Crippen LogP contribution in [-0.4, -0.2) is 54.5 Å². The van der Waals surface area contributed by atoms with Gasteiger partial charge in [0.05, 0.1) is 5.92 Å². The van der Waals surface area contributed by atoms with Crippen LogP contribution < -0.4 is 4.74 Å². The topological polar surface area (TPSA) is 32.8 Å². The molecule has 23 heavy (non-hydrogen) atoms. The molecule has 1 aromatic rings. The summed E-state index contributed by atoms with van der Waals surface area (Å²) in [6, 6.07) is 6.45. The van der Waals surface area contributed by atoms with E-state index in [0.29, 0.717) is 11.6 Å². The van der Waals surface area contributed by atoms with Gasteiger partial charge in [-0.05, 0) is 49.4 Å². The third-order valence-electron chi connectivity index (χ3n) is 5.18. The molecule has 0 unspecified atom stereocenters. The molecule has 2 heterocycles. The van der Waals surface area contributed by atoms with Crippen LogP contribution in [-0.2, 0) is 11.2 Å². The average molecular weight is 335 g/mol. The number of amides is 1. The lowest BCUT2D eigenvalue weighted by molar-refractivity contribution is -0.136. The molecule has 0 radical (unpaired) electrons. The van der Waals surface area contributed by atoms with Crippen LogP contribution in [0.1, 0.15) is 24.8 Å². The molecular formula is C18H23ClN2O2. The Morgan fingerprint density at radius 3 is 2.87 bits per heavy atom. The molecule has 1 aromatic carbocycles. The van der Waals surface area contributed by atoms with E-state index in [1.165, 1.54) is 12.8 Å². The molecule has 0 aromatic heterocycles. The van der Waals surface area contributed by atoms with Crippen LogP contribution in [0, 0.1) is 5.92 Å². The Kier molecular flexibility index (Phi) is 4.20. The molecule has 4 rings (SSSR count). The number of fused-ring (bicyclic) bond motifs is 1. The van der Waals surface area contributed by atoms with Gasteiger partial charge >= 0.3 is 0 Å². The zero-order valence-corrected chi connectivity index (χ0v) is 14.1. The van der Waals surface area contributed by atoms with Crippen LogP contribution in [0.3, 0.4) is 0 Å². The minimum absolute atomic E-state index is 0.0755. The lowest BCUT2D eigenvalue weighted by atomic mass is 9.95. The fraction of sp³-hybridized carbons (Fsp3) is 0.611. The number of ether oxygens (including phenoxy) is 1. The number of carbonyl (C=O) groups excluding carboxylic acids is 1. The Bertz CT molecular complexity index is 603. The van der Waals surface area contributed by atoms with Crippen LogP contribution >= 0.6 is 11.6 Å². The molecule has 1 atom stereocenters. The van der Waals surface area contributed by atoms with Gasteiger partial charge in [-0.15, -0.1) is 0 Å². The van der Waals surface area contributed by atoms with Crippen molar-refractivity contribution in [2.24, 2.45) is 5.92 Å². The summed E-state index contributed by atoms with van der Waals surface area (Å²) >= 11 is 6.07. The van der Waals surface area contributed by atoms with Crippen LogP contribution in [0.4, 0.5) is 0 Å². The second-order valence-electron chi connectivity index (χ2n) is 6.91. The largest absolute Gasteiger partial charge is 0.492 e. The Morgan fingerprint density at radius 2 is 2.04 bits per heavy atom. The monoisotopic (exact) mass is 334 g/mol. The molecule has 2 aliphatic heterocycles. The number of benzene rings is 1.